The van der Waals surface area contributed by atoms with Crippen molar-refractivity contribution in [3.05, 3.63) is 57.2 Å². The molecule has 1 aromatic heterocycles. The van der Waals surface area contributed by atoms with E-state index in [0.29, 0.717) is 16.3 Å². The quantitative estimate of drug-likeness (QED) is 0.169. The van der Waals surface area contributed by atoms with Crippen molar-refractivity contribution in [2.24, 2.45) is 0 Å². The van der Waals surface area contributed by atoms with Gasteiger partial charge in [-0.3, -0.25) is 19.3 Å². The SMILES string of the molecule is CC(=O)OCC1=C(C(=O)[O-])N2C(=O)C(NC(=O)/C(=C/c3ccc(Cl)cc3)c3csc(N)n3)[C@H]2SC1.[Na+]. The summed E-state index contributed by atoms with van der Waals surface area (Å²) in [5.41, 5.74) is 6.85. The van der Waals surface area contributed by atoms with Crippen LogP contribution in [-0.4, -0.2) is 57.4 Å². The van der Waals surface area contributed by atoms with Gasteiger partial charge < -0.3 is 25.7 Å². The fraction of sp³-hybridized carbons (Fsp3) is 0.227. The maximum absolute atomic E-state index is 13.2. The third-order valence-electron chi connectivity index (χ3n) is 5.20. The Morgan fingerprint density at radius 1 is 1.33 bits per heavy atom. The Hall–Kier alpha value is -2.35. The van der Waals surface area contributed by atoms with Gasteiger partial charge in [-0.05, 0) is 23.8 Å². The first-order chi connectivity index (χ1) is 16.7. The van der Waals surface area contributed by atoms with Crippen molar-refractivity contribution in [2.45, 2.75) is 18.3 Å². The van der Waals surface area contributed by atoms with Crippen LogP contribution < -0.4 is 45.7 Å². The fourth-order valence-corrected chi connectivity index (χ4v) is 5.60. The number of carboxylic acids is 1. The molecule has 0 spiro atoms. The number of nitrogen functional groups attached to an aromatic ring is 1. The maximum atomic E-state index is 13.2. The zero-order valence-electron chi connectivity index (χ0n) is 19.1. The number of halogens is 1. The summed E-state index contributed by atoms with van der Waals surface area (Å²) in [5, 5.41) is 16.2. The van der Waals surface area contributed by atoms with E-state index in [0.717, 1.165) is 16.2 Å². The monoisotopic (exact) mass is 556 g/mol. The standard InChI is InChI=1S/C22H19ClN4O6S2.Na/c1-10(28)33-7-12-8-34-20-16(19(30)27(20)17(12)21(31)32)26-18(29)14(15-9-35-22(24)25-15)6-11-2-4-13(23)5-3-11;/h2-6,9,16,20H,7-8H2,1H3,(H2,24,25)(H,26,29)(H,31,32);/q;+1/p-1/b14-6+;/t16?,20-;/m1./s1. The van der Waals surface area contributed by atoms with Crippen molar-refractivity contribution in [1.82, 2.24) is 15.2 Å². The van der Waals surface area contributed by atoms with Gasteiger partial charge in [-0.15, -0.1) is 23.1 Å². The molecule has 1 aromatic carbocycles. The molecule has 3 N–H and O–H groups in total. The molecule has 1 saturated heterocycles. The van der Waals surface area contributed by atoms with Crippen LogP contribution in [0.4, 0.5) is 5.13 Å². The summed E-state index contributed by atoms with van der Waals surface area (Å²) in [6.07, 6.45) is 1.60. The van der Waals surface area contributed by atoms with E-state index in [-0.39, 0.29) is 63.9 Å². The van der Waals surface area contributed by atoms with Gasteiger partial charge in [0.05, 0.1) is 22.9 Å². The molecule has 1 unspecified atom stereocenters. The van der Waals surface area contributed by atoms with Gasteiger partial charge in [0, 0.05) is 28.7 Å². The molecule has 2 amide bonds. The summed E-state index contributed by atoms with van der Waals surface area (Å²) in [6.45, 7) is 0.932. The molecule has 3 heterocycles. The molecule has 0 saturated carbocycles. The first-order valence-electron chi connectivity index (χ1n) is 10.2. The van der Waals surface area contributed by atoms with E-state index in [9.17, 15) is 24.3 Å². The number of nitrogens with one attached hydrogen (secondary N) is 1. The number of amides is 2. The molecule has 182 valence electrons. The molecule has 0 bridgehead atoms. The van der Waals surface area contributed by atoms with E-state index in [1.54, 1.807) is 35.7 Å². The first-order valence-corrected chi connectivity index (χ1v) is 12.5. The number of nitrogens with zero attached hydrogens (tertiary/aromatic N) is 2. The Bertz CT molecular complexity index is 1280. The largest absolute Gasteiger partial charge is 1.00 e. The Labute approximate surface area is 241 Å². The molecule has 0 aliphatic carbocycles. The molecule has 2 aromatic rings. The summed E-state index contributed by atoms with van der Waals surface area (Å²) >= 11 is 8.35. The van der Waals surface area contributed by atoms with Crippen molar-refractivity contribution in [3.8, 4) is 0 Å². The molecule has 36 heavy (non-hydrogen) atoms. The predicted octanol–water partition coefficient (Wildman–Crippen LogP) is -2.11. The van der Waals surface area contributed by atoms with E-state index >= 15 is 0 Å². The van der Waals surface area contributed by atoms with Gasteiger partial charge in [-0.25, -0.2) is 4.98 Å². The Balaban J connectivity index is 0.00000361. The number of carboxylic acid groups (broad SMARTS) is 1. The molecular weight excluding hydrogens is 539 g/mol. The average molecular weight is 557 g/mol. The summed E-state index contributed by atoms with van der Waals surface area (Å²) in [4.78, 5) is 54.2. The molecular formula is C22H18ClN4NaO6S2. The van der Waals surface area contributed by atoms with Crippen LogP contribution >= 0.6 is 34.7 Å². The molecule has 2 aliphatic rings. The number of aliphatic carboxylic acids is 1. The summed E-state index contributed by atoms with van der Waals surface area (Å²) in [5.74, 6) is -3.14. The van der Waals surface area contributed by atoms with Crippen molar-refractivity contribution in [3.63, 3.8) is 0 Å². The van der Waals surface area contributed by atoms with E-state index < -0.39 is 35.2 Å². The van der Waals surface area contributed by atoms with Gasteiger partial charge in [0.2, 0.25) is 0 Å². The number of anilines is 1. The topological polar surface area (TPSA) is 155 Å². The Kier molecular flexibility index (Phi) is 9.25. The Morgan fingerprint density at radius 2 is 2.03 bits per heavy atom. The minimum atomic E-state index is -1.56. The Morgan fingerprint density at radius 3 is 2.61 bits per heavy atom. The second-order valence-electron chi connectivity index (χ2n) is 7.56. The third-order valence-corrected chi connectivity index (χ3v) is 7.47. The minimum Gasteiger partial charge on any atom is -0.543 e. The number of ether oxygens (including phenoxy) is 1. The van der Waals surface area contributed by atoms with Crippen molar-refractivity contribution < 1.29 is 58.6 Å². The number of carbonyl (C=O) groups excluding carboxylic acids is 4. The number of thioether (sulfide) groups is 1. The smallest absolute Gasteiger partial charge is 0.543 e. The van der Waals surface area contributed by atoms with E-state index in [1.165, 1.54) is 18.7 Å². The number of aromatic nitrogens is 1. The minimum absolute atomic E-state index is 0. The van der Waals surface area contributed by atoms with E-state index in [4.69, 9.17) is 22.1 Å². The average Bonchev–Trinajstić information content (AvgIpc) is 3.25. The van der Waals surface area contributed by atoms with Crippen LogP contribution in [0.2, 0.25) is 5.02 Å². The normalized spacial score (nSPS) is 19.1. The van der Waals surface area contributed by atoms with E-state index in [2.05, 4.69) is 10.3 Å². The molecule has 1 fully saturated rings. The van der Waals surface area contributed by atoms with Gasteiger partial charge >= 0.3 is 35.5 Å². The zero-order chi connectivity index (χ0) is 25.3. The van der Waals surface area contributed by atoms with Crippen LogP contribution in [-0.2, 0) is 23.9 Å². The van der Waals surface area contributed by atoms with Crippen molar-refractivity contribution >= 4 is 75.2 Å². The van der Waals surface area contributed by atoms with Gasteiger partial charge in [0.25, 0.3) is 11.8 Å². The summed E-state index contributed by atoms with van der Waals surface area (Å²) in [7, 11) is 0. The molecule has 0 radical (unpaired) electrons. The third kappa shape index (κ3) is 5.96. The van der Waals surface area contributed by atoms with Crippen LogP contribution in [0.5, 0.6) is 0 Å². The van der Waals surface area contributed by atoms with Gasteiger partial charge in [-0.1, -0.05) is 23.7 Å². The van der Waals surface area contributed by atoms with Crippen LogP contribution in [0, 0.1) is 0 Å². The number of esters is 1. The van der Waals surface area contributed by atoms with E-state index in [1.807, 2.05) is 0 Å². The molecule has 4 rings (SSSR count). The number of benzene rings is 1. The number of β-lactam (4-membered cyclic amide) rings is 1. The second-order valence-corrected chi connectivity index (χ2v) is 9.99. The van der Waals surface area contributed by atoms with Gasteiger partial charge in [-0.2, -0.15) is 0 Å². The molecule has 2 atom stereocenters. The van der Waals surface area contributed by atoms with Crippen molar-refractivity contribution in [2.75, 3.05) is 18.1 Å². The number of rotatable bonds is 7. The molecule has 10 nitrogen and oxygen atoms in total. The van der Waals surface area contributed by atoms with Crippen LogP contribution in [0.25, 0.3) is 11.6 Å². The van der Waals surface area contributed by atoms with Crippen LogP contribution in [0.3, 0.4) is 0 Å². The number of nitrogens with two attached hydrogens (primary N) is 1. The number of carbonyl (C=O) groups is 4. The predicted molar refractivity (Wildman–Crippen MR) is 130 cm³/mol. The maximum Gasteiger partial charge on any atom is 1.00 e. The van der Waals surface area contributed by atoms with Gasteiger partial charge in [0.1, 0.15) is 18.0 Å². The van der Waals surface area contributed by atoms with Crippen LogP contribution in [0.15, 0.2) is 40.9 Å². The van der Waals surface area contributed by atoms with Crippen LogP contribution in [0.1, 0.15) is 18.2 Å². The second kappa shape index (κ2) is 11.8. The van der Waals surface area contributed by atoms with Crippen molar-refractivity contribution in [1.29, 1.82) is 0 Å². The number of thiazole rings is 1. The molecule has 14 heteroatoms. The number of hydrogen-bond donors (Lipinski definition) is 2. The molecule has 2 aliphatic heterocycles. The number of hydrogen-bond acceptors (Lipinski definition) is 10. The zero-order valence-corrected chi connectivity index (χ0v) is 23.5. The van der Waals surface area contributed by atoms with Gasteiger partial charge in [0.15, 0.2) is 5.13 Å². The summed E-state index contributed by atoms with van der Waals surface area (Å²) in [6, 6.07) is 5.82. The number of fused-ring (bicyclic) bond motifs is 1. The fourth-order valence-electron chi connectivity index (χ4n) is 3.58. The first kappa shape index (κ1) is 28.2. The summed E-state index contributed by atoms with van der Waals surface area (Å²) < 4.78 is 4.90.